The summed E-state index contributed by atoms with van der Waals surface area (Å²) >= 11 is 6.19. The lowest BCUT2D eigenvalue weighted by molar-refractivity contribution is -0.175. The molecule has 2 aliphatic rings. The molecule has 1 amide bonds. The van der Waals surface area contributed by atoms with E-state index in [1.807, 2.05) is 0 Å². The lowest BCUT2D eigenvalue weighted by atomic mass is 9.80. The number of thioether (sulfide) groups is 1. The minimum Gasteiger partial charge on any atom is -0.479 e. The molecule has 0 bridgehead atoms. The third kappa shape index (κ3) is 1.55. The van der Waals surface area contributed by atoms with E-state index in [0.717, 1.165) is 0 Å². The van der Waals surface area contributed by atoms with E-state index in [-0.39, 0.29) is 5.91 Å². The van der Waals surface area contributed by atoms with Gasteiger partial charge in [-0.05, 0) is 13.8 Å². The highest BCUT2D eigenvalue weighted by atomic mass is 79.9. The molecule has 6 nitrogen and oxygen atoms in total. The number of aliphatic hydroxyl groups is 1. The molecular weight excluding hydrogens is 380 g/mol. The van der Waals surface area contributed by atoms with E-state index in [9.17, 15) is 19.8 Å². The van der Waals surface area contributed by atoms with E-state index in [2.05, 4.69) is 20.9 Å². The standard InChI is InChI=1S/C12H13BrN2O4S2/c1-10(2)11(5-16,9(18)19)15-7(17)12(13,8(15)21-10)6-14-3-4-20-6/h3-4,8,16H,5H2,1-2H3,(H,18,19)/t8-,11+,12?/m1/s1. The fourth-order valence-corrected chi connectivity index (χ4v) is 6.60. The number of nitrogens with zero attached hydrogens (tertiary/aromatic N) is 2. The molecule has 1 aromatic rings. The van der Waals surface area contributed by atoms with Gasteiger partial charge in [0.05, 0.1) is 6.61 Å². The number of thiazole rings is 1. The van der Waals surface area contributed by atoms with Crippen LogP contribution in [0.5, 0.6) is 0 Å². The number of carbonyl (C=O) groups excluding carboxylic acids is 1. The number of aliphatic hydroxyl groups excluding tert-OH is 1. The van der Waals surface area contributed by atoms with E-state index in [0.29, 0.717) is 5.01 Å². The molecule has 2 aliphatic heterocycles. The van der Waals surface area contributed by atoms with Gasteiger partial charge in [-0.2, -0.15) is 0 Å². The maximum absolute atomic E-state index is 12.7. The Hall–Kier alpha value is -0.640. The molecule has 9 heteroatoms. The number of halogens is 1. The average molecular weight is 393 g/mol. The number of β-lactam (4-membered cyclic amide) rings is 1. The zero-order valence-electron chi connectivity index (χ0n) is 11.2. The van der Waals surface area contributed by atoms with Crippen molar-refractivity contribution in [2.45, 2.75) is 33.8 Å². The summed E-state index contributed by atoms with van der Waals surface area (Å²) in [4.78, 5) is 30.0. The zero-order valence-corrected chi connectivity index (χ0v) is 14.5. The van der Waals surface area contributed by atoms with Crippen LogP contribution < -0.4 is 0 Å². The normalized spacial score (nSPS) is 37.2. The summed E-state index contributed by atoms with van der Waals surface area (Å²) in [6.45, 7) is 2.86. The van der Waals surface area contributed by atoms with Gasteiger partial charge in [-0.3, -0.25) is 4.79 Å². The number of amides is 1. The van der Waals surface area contributed by atoms with Crippen LogP contribution in [0.1, 0.15) is 18.9 Å². The van der Waals surface area contributed by atoms with E-state index < -0.39 is 32.6 Å². The van der Waals surface area contributed by atoms with Crippen molar-refractivity contribution < 1.29 is 19.8 Å². The van der Waals surface area contributed by atoms with Crippen LogP contribution in [0.25, 0.3) is 0 Å². The predicted molar refractivity (Wildman–Crippen MR) is 82.5 cm³/mol. The topological polar surface area (TPSA) is 90.7 Å². The molecule has 1 unspecified atom stereocenters. The predicted octanol–water partition coefficient (Wildman–Crippen LogP) is 1.24. The second-order valence-electron chi connectivity index (χ2n) is 5.53. The van der Waals surface area contributed by atoms with Crippen LogP contribution in [0.3, 0.4) is 0 Å². The molecule has 2 saturated heterocycles. The lowest BCUT2D eigenvalue weighted by Gasteiger charge is -2.52. The van der Waals surface area contributed by atoms with Crippen molar-refractivity contribution in [3.05, 3.63) is 16.6 Å². The number of carboxylic acids is 1. The van der Waals surface area contributed by atoms with Gasteiger partial charge in [0.15, 0.2) is 9.86 Å². The van der Waals surface area contributed by atoms with Gasteiger partial charge in [0.25, 0.3) is 5.91 Å². The molecule has 1 aromatic heterocycles. The first-order valence-corrected chi connectivity index (χ1v) is 8.73. The van der Waals surface area contributed by atoms with Gasteiger partial charge in [-0.1, -0.05) is 15.9 Å². The molecule has 21 heavy (non-hydrogen) atoms. The first-order valence-electron chi connectivity index (χ1n) is 6.18. The van der Waals surface area contributed by atoms with Gasteiger partial charge in [0.2, 0.25) is 0 Å². The van der Waals surface area contributed by atoms with Gasteiger partial charge < -0.3 is 15.1 Å². The highest BCUT2D eigenvalue weighted by molar-refractivity contribution is 9.10. The van der Waals surface area contributed by atoms with Gasteiger partial charge in [0.1, 0.15) is 10.4 Å². The van der Waals surface area contributed by atoms with Crippen LogP contribution in [-0.2, 0) is 13.9 Å². The first-order chi connectivity index (χ1) is 9.73. The Morgan fingerprint density at radius 2 is 2.24 bits per heavy atom. The Labute approximate surface area is 137 Å². The van der Waals surface area contributed by atoms with Gasteiger partial charge in [-0.15, -0.1) is 23.1 Å². The van der Waals surface area contributed by atoms with Crippen LogP contribution >= 0.6 is 39.0 Å². The van der Waals surface area contributed by atoms with Gasteiger partial charge in [-0.25, -0.2) is 9.78 Å². The Morgan fingerprint density at radius 3 is 2.71 bits per heavy atom. The number of rotatable bonds is 3. The summed E-state index contributed by atoms with van der Waals surface area (Å²) in [5.74, 6) is -1.55. The molecule has 0 aliphatic carbocycles. The number of aliphatic carboxylic acids is 1. The summed E-state index contributed by atoms with van der Waals surface area (Å²) < 4.78 is -1.82. The Morgan fingerprint density at radius 1 is 1.57 bits per heavy atom. The molecule has 0 aromatic carbocycles. The van der Waals surface area contributed by atoms with Crippen LogP contribution in [0.15, 0.2) is 11.6 Å². The van der Waals surface area contributed by atoms with Crippen molar-refractivity contribution in [2.75, 3.05) is 6.61 Å². The molecule has 2 fully saturated rings. The summed E-state index contributed by atoms with van der Waals surface area (Å²) in [5.41, 5.74) is -1.62. The van der Waals surface area contributed by atoms with Crippen molar-refractivity contribution >= 4 is 50.9 Å². The van der Waals surface area contributed by atoms with E-state index in [1.54, 1.807) is 25.4 Å². The lowest BCUT2D eigenvalue weighted by Crippen LogP contribution is -2.75. The highest BCUT2D eigenvalue weighted by Crippen LogP contribution is 2.65. The quantitative estimate of drug-likeness (QED) is 0.593. The summed E-state index contributed by atoms with van der Waals surface area (Å²) in [7, 11) is 0. The second-order valence-corrected chi connectivity index (χ2v) is 9.38. The molecule has 3 rings (SSSR count). The van der Waals surface area contributed by atoms with Crippen molar-refractivity contribution in [3.8, 4) is 0 Å². The third-order valence-corrected chi connectivity index (χ3v) is 8.58. The van der Waals surface area contributed by atoms with Crippen molar-refractivity contribution in [2.24, 2.45) is 0 Å². The molecule has 3 atom stereocenters. The average Bonchev–Trinajstić information content (AvgIpc) is 3.01. The summed E-state index contributed by atoms with van der Waals surface area (Å²) in [6.07, 6.45) is 1.61. The zero-order chi connectivity index (χ0) is 15.6. The molecule has 3 heterocycles. The maximum Gasteiger partial charge on any atom is 0.333 e. The highest BCUT2D eigenvalue weighted by Gasteiger charge is 2.78. The molecule has 2 N–H and O–H groups in total. The van der Waals surface area contributed by atoms with Crippen LogP contribution in [0, 0.1) is 0 Å². The first kappa shape index (κ1) is 15.3. The van der Waals surface area contributed by atoms with Crippen molar-refractivity contribution in [1.29, 1.82) is 0 Å². The number of alkyl halides is 1. The van der Waals surface area contributed by atoms with E-state index in [4.69, 9.17) is 0 Å². The molecule has 0 radical (unpaired) electrons. The Bertz CT molecular complexity index is 623. The number of aromatic nitrogens is 1. The Kier molecular flexibility index (Phi) is 3.22. The fraction of sp³-hybridized carbons (Fsp3) is 0.583. The minimum atomic E-state index is -1.62. The monoisotopic (exact) mass is 392 g/mol. The fourth-order valence-electron chi connectivity index (χ4n) is 2.97. The van der Waals surface area contributed by atoms with E-state index in [1.165, 1.54) is 28.0 Å². The summed E-state index contributed by atoms with van der Waals surface area (Å²) in [6, 6.07) is 0. The molecule has 0 spiro atoms. The number of carboxylic acid groups (broad SMARTS) is 1. The smallest absolute Gasteiger partial charge is 0.333 e. The number of carbonyl (C=O) groups is 2. The minimum absolute atomic E-state index is 0.364. The van der Waals surface area contributed by atoms with Crippen molar-refractivity contribution in [1.82, 2.24) is 9.88 Å². The third-order valence-electron chi connectivity index (χ3n) is 4.24. The number of fused-ring (bicyclic) bond motifs is 1. The SMILES string of the molecule is CC1(C)S[C@H]2N(C(=O)C2(Br)c2nccs2)[C@@]1(CO)C(=O)O. The molecular formula is C12H13BrN2O4S2. The maximum atomic E-state index is 12.7. The van der Waals surface area contributed by atoms with Crippen LogP contribution in [-0.4, -0.2) is 54.2 Å². The van der Waals surface area contributed by atoms with Gasteiger partial charge >= 0.3 is 5.97 Å². The number of hydrogen-bond donors (Lipinski definition) is 2. The van der Waals surface area contributed by atoms with E-state index >= 15 is 0 Å². The molecule has 0 saturated carbocycles. The van der Waals surface area contributed by atoms with Crippen molar-refractivity contribution in [3.63, 3.8) is 0 Å². The Balaban J connectivity index is 2.11. The van der Waals surface area contributed by atoms with Gasteiger partial charge in [0, 0.05) is 16.3 Å². The summed E-state index contributed by atoms with van der Waals surface area (Å²) in [5, 5.41) is 21.4. The second kappa shape index (κ2) is 4.43. The van der Waals surface area contributed by atoms with Crippen LogP contribution in [0.2, 0.25) is 0 Å². The molecule has 114 valence electrons. The van der Waals surface area contributed by atoms with Crippen LogP contribution in [0.4, 0.5) is 0 Å². The largest absolute Gasteiger partial charge is 0.479 e. The number of hydrogen-bond acceptors (Lipinski definition) is 6.